The Morgan fingerprint density at radius 2 is 1.66 bits per heavy atom. The van der Waals surface area contributed by atoms with Crippen LogP contribution < -0.4 is 10.2 Å². The third-order valence-corrected chi connectivity index (χ3v) is 6.06. The highest BCUT2D eigenvalue weighted by Gasteiger charge is 2.36. The fraction of sp³-hybridized carbons (Fsp3) is 0.259. The molecular formula is C27H28FN5O2. The summed E-state index contributed by atoms with van der Waals surface area (Å²) in [5.41, 5.74) is 1.37. The average molecular weight is 474 g/mol. The number of halogens is 1. The minimum absolute atomic E-state index is 0.109. The second-order valence-electron chi connectivity index (χ2n) is 8.99. The van der Waals surface area contributed by atoms with Crippen molar-refractivity contribution in [2.75, 3.05) is 4.90 Å². The van der Waals surface area contributed by atoms with Crippen LogP contribution in [-0.2, 0) is 16.1 Å². The van der Waals surface area contributed by atoms with E-state index < -0.39 is 29.2 Å². The van der Waals surface area contributed by atoms with Gasteiger partial charge in [-0.1, -0.05) is 60.7 Å². The third-order valence-electron chi connectivity index (χ3n) is 6.06. The molecule has 3 aromatic carbocycles. The van der Waals surface area contributed by atoms with Gasteiger partial charge in [-0.2, -0.15) is 0 Å². The molecule has 0 aliphatic heterocycles. The molecule has 0 fully saturated rings. The Hall–Kier alpha value is -4.07. The van der Waals surface area contributed by atoms with Crippen LogP contribution in [0.1, 0.15) is 38.8 Å². The Morgan fingerprint density at radius 1 is 1.00 bits per heavy atom. The van der Waals surface area contributed by atoms with Gasteiger partial charge in [-0.25, -0.2) is 9.07 Å². The molecule has 7 nitrogen and oxygen atoms in total. The molecule has 0 aliphatic carbocycles. The lowest BCUT2D eigenvalue weighted by Crippen LogP contribution is -2.51. The molecule has 35 heavy (non-hydrogen) atoms. The first-order valence-corrected chi connectivity index (χ1v) is 11.5. The van der Waals surface area contributed by atoms with Crippen LogP contribution in [-0.4, -0.2) is 32.3 Å². The predicted molar refractivity (Wildman–Crippen MR) is 133 cm³/mol. The molecule has 4 rings (SSSR count). The summed E-state index contributed by atoms with van der Waals surface area (Å²) < 4.78 is 16.6. The molecule has 1 atom stereocenters. The van der Waals surface area contributed by atoms with Crippen LogP contribution >= 0.6 is 0 Å². The van der Waals surface area contributed by atoms with E-state index in [-0.39, 0.29) is 12.1 Å². The van der Waals surface area contributed by atoms with Crippen LogP contribution in [0.3, 0.4) is 0 Å². The van der Waals surface area contributed by atoms with Gasteiger partial charge < -0.3 is 5.32 Å². The average Bonchev–Trinajstić information content (AvgIpc) is 3.26. The molecule has 0 saturated heterocycles. The molecule has 0 radical (unpaired) electrons. The van der Waals surface area contributed by atoms with Crippen molar-refractivity contribution < 1.29 is 14.0 Å². The summed E-state index contributed by atoms with van der Waals surface area (Å²) >= 11 is 0. The van der Waals surface area contributed by atoms with Crippen molar-refractivity contribution in [1.29, 1.82) is 0 Å². The van der Waals surface area contributed by atoms with Crippen molar-refractivity contribution in [3.05, 3.63) is 90.2 Å². The van der Waals surface area contributed by atoms with Crippen LogP contribution in [0.5, 0.6) is 0 Å². The van der Waals surface area contributed by atoms with Crippen LogP contribution in [0.4, 0.5) is 10.1 Å². The Morgan fingerprint density at radius 3 is 2.37 bits per heavy atom. The summed E-state index contributed by atoms with van der Waals surface area (Å²) in [6.45, 7) is 5.55. The quantitative estimate of drug-likeness (QED) is 0.404. The van der Waals surface area contributed by atoms with Crippen LogP contribution in [0.15, 0.2) is 78.9 Å². The lowest BCUT2D eigenvalue weighted by Gasteiger charge is -2.34. The van der Waals surface area contributed by atoms with Crippen molar-refractivity contribution in [3.8, 4) is 0 Å². The third kappa shape index (κ3) is 5.21. The number of para-hydroxylation sites is 2. The number of nitrogens with zero attached hydrogens (tertiary/aromatic N) is 4. The highest BCUT2D eigenvalue weighted by atomic mass is 19.1. The normalized spacial score (nSPS) is 12.3. The van der Waals surface area contributed by atoms with Gasteiger partial charge in [0, 0.05) is 16.8 Å². The molecule has 8 heteroatoms. The highest BCUT2D eigenvalue weighted by Crippen LogP contribution is 2.31. The van der Waals surface area contributed by atoms with E-state index in [1.807, 2.05) is 45.0 Å². The van der Waals surface area contributed by atoms with Crippen LogP contribution in [0.2, 0.25) is 0 Å². The summed E-state index contributed by atoms with van der Waals surface area (Å²) in [6.07, 6.45) is 0.660. The van der Waals surface area contributed by atoms with E-state index in [9.17, 15) is 9.59 Å². The highest BCUT2D eigenvalue weighted by molar-refractivity contribution is 6.01. The Labute approximate surface area is 203 Å². The summed E-state index contributed by atoms with van der Waals surface area (Å²) in [4.78, 5) is 28.9. The molecule has 0 saturated carbocycles. The van der Waals surface area contributed by atoms with Crippen molar-refractivity contribution in [2.45, 2.75) is 45.3 Å². The molecule has 1 heterocycles. The van der Waals surface area contributed by atoms with Crippen molar-refractivity contribution in [3.63, 3.8) is 0 Å². The van der Waals surface area contributed by atoms with Gasteiger partial charge in [0.1, 0.15) is 23.9 Å². The first kappa shape index (κ1) is 24.1. The number of carbonyl (C=O) groups excluding carboxylic acids is 2. The molecule has 1 N–H and O–H groups in total. The fourth-order valence-corrected chi connectivity index (χ4v) is 3.85. The number of hydrogen-bond acceptors (Lipinski definition) is 4. The van der Waals surface area contributed by atoms with E-state index in [4.69, 9.17) is 0 Å². The van der Waals surface area contributed by atoms with E-state index in [1.165, 1.54) is 21.7 Å². The number of nitrogens with one attached hydrogen (secondary N) is 1. The lowest BCUT2D eigenvalue weighted by molar-refractivity contribution is -0.128. The number of anilines is 1. The standard InChI is InChI=1S/C27H28FN5O2/c1-4-27(2,3)29-26(35)25(20-14-8-9-15-21(20)28)33(19-12-6-5-7-13-19)24(34)18-32-23-17-11-10-16-22(23)30-31-32/h5-17,25H,4,18H2,1-3H3,(H,29,35)/t25-/m1/s1. The predicted octanol–water partition coefficient (Wildman–Crippen LogP) is 4.65. The minimum atomic E-state index is -1.23. The molecule has 0 bridgehead atoms. The monoisotopic (exact) mass is 473 g/mol. The number of aromatic nitrogens is 3. The van der Waals surface area contributed by atoms with E-state index in [2.05, 4.69) is 15.6 Å². The maximum atomic E-state index is 15.1. The van der Waals surface area contributed by atoms with Crippen molar-refractivity contribution >= 4 is 28.5 Å². The SMILES string of the molecule is CCC(C)(C)NC(=O)[C@@H](c1ccccc1F)N(C(=O)Cn1nnc2ccccc21)c1ccccc1. The Kier molecular flexibility index (Phi) is 6.91. The second-order valence-corrected chi connectivity index (χ2v) is 8.99. The molecule has 0 aliphatic rings. The molecule has 0 spiro atoms. The van der Waals surface area contributed by atoms with Crippen molar-refractivity contribution in [1.82, 2.24) is 20.3 Å². The van der Waals surface area contributed by atoms with Gasteiger partial charge in [0.25, 0.3) is 0 Å². The molecule has 1 aromatic heterocycles. The second kappa shape index (κ2) is 10.0. The number of amides is 2. The number of hydrogen-bond donors (Lipinski definition) is 1. The molecule has 2 amide bonds. The first-order chi connectivity index (χ1) is 16.8. The largest absolute Gasteiger partial charge is 0.349 e. The fourth-order valence-electron chi connectivity index (χ4n) is 3.85. The minimum Gasteiger partial charge on any atom is -0.349 e. The molecule has 0 unspecified atom stereocenters. The van der Waals surface area contributed by atoms with E-state index in [0.29, 0.717) is 23.1 Å². The number of benzene rings is 3. The zero-order valence-corrected chi connectivity index (χ0v) is 20.0. The number of fused-ring (bicyclic) bond motifs is 1. The number of rotatable bonds is 8. The zero-order chi connectivity index (χ0) is 25.0. The maximum absolute atomic E-state index is 15.1. The Bertz CT molecular complexity index is 1340. The molecule has 4 aromatic rings. The molecular weight excluding hydrogens is 445 g/mol. The van der Waals surface area contributed by atoms with Gasteiger partial charge in [-0.15, -0.1) is 5.10 Å². The van der Waals surface area contributed by atoms with E-state index >= 15 is 4.39 Å². The number of carbonyl (C=O) groups is 2. The summed E-state index contributed by atoms with van der Waals surface area (Å²) in [5.74, 6) is -1.46. The van der Waals surface area contributed by atoms with E-state index in [1.54, 1.807) is 42.5 Å². The summed E-state index contributed by atoms with van der Waals surface area (Å²) in [7, 11) is 0. The topological polar surface area (TPSA) is 80.1 Å². The van der Waals surface area contributed by atoms with Gasteiger partial charge in [0.2, 0.25) is 11.8 Å². The smallest absolute Gasteiger partial charge is 0.249 e. The van der Waals surface area contributed by atoms with Crippen LogP contribution in [0, 0.1) is 5.82 Å². The van der Waals surface area contributed by atoms with Gasteiger partial charge in [-0.3, -0.25) is 14.5 Å². The summed E-state index contributed by atoms with van der Waals surface area (Å²) in [6, 6.07) is 20.9. The van der Waals surface area contributed by atoms with E-state index in [0.717, 1.165) is 0 Å². The van der Waals surface area contributed by atoms with Gasteiger partial charge in [0.15, 0.2) is 0 Å². The summed E-state index contributed by atoms with van der Waals surface area (Å²) in [5, 5.41) is 11.2. The van der Waals surface area contributed by atoms with Crippen molar-refractivity contribution in [2.24, 2.45) is 0 Å². The lowest BCUT2D eigenvalue weighted by atomic mass is 9.98. The van der Waals surface area contributed by atoms with Gasteiger partial charge in [-0.05, 0) is 50.6 Å². The van der Waals surface area contributed by atoms with Crippen LogP contribution in [0.25, 0.3) is 11.0 Å². The first-order valence-electron chi connectivity index (χ1n) is 11.5. The zero-order valence-electron chi connectivity index (χ0n) is 20.0. The van der Waals surface area contributed by atoms with Gasteiger partial charge >= 0.3 is 0 Å². The maximum Gasteiger partial charge on any atom is 0.249 e. The molecule has 180 valence electrons. The Balaban J connectivity index is 1.81. The van der Waals surface area contributed by atoms with Gasteiger partial charge in [0.05, 0.1) is 5.52 Å².